The second kappa shape index (κ2) is 5.29. The summed E-state index contributed by atoms with van der Waals surface area (Å²) in [5.74, 6) is 0.787. The van der Waals surface area contributed by atoms with Crippen molar-refractivity contribution in [2.45, 2.75) is 25.9 Å². The number of rotatable bonds is 3. The van der Waals surface area contributed by atoms with Crippen LogP contribution in [0.15, 0.2) is 30.3 Å². The molecule has 0 bridgehead atoms. The molecule has 1 fully saturated rings. The van der Waals surface area contributed by atoms with E-state index in [2.05, 4.69) is 47.9 Å². The van der Waals surface area contributed by atoms with Crippen molar-refractivity contribution in [3.8, 4) is 0 Å². The first-order valence-corrected chi connectivity index (χ1v) is 5.84. The van der Waals surface area contributed by atoms with Crippen molar-refractivity contribution in [3.63, 3.8) is 0 Å². The normalized spacial score (nSPS) is 26.5. The van der Waals surface area contributed by atoms with Crippen LogP contribution in [0.1, 0.15) is 18.9 Å². The largest absolute Gasteiger partial charge is 0.315 e. The van der Waals surface area contributed by atoms with Crippen LogP contribution in [-0.4, -0.2) is 19.1 Å². The zero-order valence-electron chi connectivity index (χ0n) is 9.37. The maximum absolute atomic E-state index is 3.63. The van der Waals surface area contributed by atoms with Gasteiger partial charge in [0.1, 0.15) is 0 Å². The first-order valence-electron chi connectivity index (χ1n) is 5.84. The van der Waals surface area contributed by atoms with Crippen LogP contribution in [0, 0.1) is 5.92 Å². The number of hydrogen-bond donors (Lipinski definition) is 2. The summed E-state index contributed by atoms with van der Waals surface area (Å²) in [5.41, 5.74) is 1.37. The van der Waals surface area contributed by atoms with Gasteiger partial charge in [0.15, 0.2) is 0 Å². The van der Waals surface area contributed by atoms with Gasteiger partial charge in [-0.2, -0.15) is 0 Å². The number of nitrogens with one attached hydrogen (secondary N) is 2. The molecule has 1 aliphatic heterocycles. The van der Waals surface area contributed by atoms with Crippen LogP contribution in [0.25, 0.3) is 0 Å². The Morgan fingerprint density at radius 3 is 2.87 bits per heavy atom. The molecule has 1 aromatic carbocycles. The Bertz CT molecular complexity index is 284. The van der Waals surface area contributed by atoms with Crippen LogP contribution in [-0.2, 0) is 6.54 Å². The van der Waals surface area contributed by atoms with Crippen LogP contribution in [0.5, 0.6) is 0 Å². The van der Waals surface area contributed by atoms with Crippen LogP contribution in [0.4, 0.5) is 0 Å². The zero-order chi connectivity index (χ0) is 10.5. The molecule has 2 unspecified atom stereocenters. The smallest absolute Gasteiger partial charge is 0.0221 e. The van der Waals surface area contributed by atoms with Crippen LogP contribution in [0.3, 0.4) is 0 Å². The monoisotopic (exact) mass is 204 g/mol. The lowest BCUT2D eigenvalue weighted by atomic mass is 9.94. The predicted octanol–water partition coefficient (Wildman–Crippen LogP) is 1.77. The van der Waals surface area contributed by atoms with E-state index in [4.69, 9.17) is 0 Å². The van der Waals surface area contributed by atoms with Crippen LogP contribution in [0.2, 0.25) is 0 Å². The van der Waals surface area contributed by atoms with Gasteiger partial charge in [-0.25, -0.2) is 0 Å². The summed E-state index contributed by atoms with van der Waals surface area (Å²) in [4.78, 5) is 0. The lowest BCUT2D eigenvalue weighted by Crippen LogP contribution is -2.47. The van der Waals surface area contributed by atoms with Gasteiger partial charge in [0, 0.05) is 19.1 Å². The molecule has 1 aromatic rings. The molecule has 0 aliphatic carbocycles. The van der Waals surface area contributed by atoms with Gasteiger partial charge in [-0.05, 0) is 24.4 Å². The van der Waals surface area contributed by atoms with Gasteiger partial charge >= 0.3 is 0 Å². The molecule has 2 nitrogen and oxygen atoms in total. The molecule has 0 amide bonds. The molecule has 1 heterocycles. The van der Waals surface area contributed by atoms with Crippen molar-refractivity contribution >= 4 is 0 Å². The predicted molar refractivity (Wildman–Crippen MR) is 63.7 cm³/mol. The van der Waals surface area contributed by atoms with E-state index in [-0.39, 0.29) is 0 Å². The Balaban J connectivity index is 1.82. The molecule has 82 valence electrons. The Labute approximate surface area is 92.1 Å². The van der Waals surface area contributed by atoms with Gasteiger partial charge in [0.25, 0.3) is 0 Å². The Morgan fingerprint density at radius 2 is 2.13 bits per heavy atom. The van der Waals surface area contributed by atoms with Gasteiger partial charge in [0.05, 0.1) is 0 Å². The minimum Gasteiger partial charge on any atom is -0.315 e. The summed E-state index contributed by atoms with van der Waals surface area (Å²) in [6.45, 7) is 5.60. The molecule has 0 radical (unpaired) electrons. The van der Waals surface area contributed by atoms with E-state index >= 15 is 0 Å². The second-order valence-electron chi connectivity index (χ2n) is 4.44. The van der Waals surface area contributed by atoms with E-state index in [1.54, 1.807) is 0 Å². The molecule has 0 spiro atoms. The summed E-state index contributed by atoms with van der Waals surface area (Å²) in [5, 5.41) is 7.06. The highest BCUT2D eigenvalue weighted by atomic mass is 15.0. The molecule has 2 rings (SSSR count). The Kier molecular flexibility index (Phi) is 3.75. The first kappa shape index (κ1) is 10.7. The molecular weight excluding hydrogens is 184 g/mol. The topological polar surface area (TPSA) is 24.1 Å². The van der Waals surface area contributed by atoms with E-state index in [0.29, 0.717) is 6.04 Å². The molecule has 0 saturated carbocycles. The molecule has 2 heteroatoms. The van der Waals surface area contributed by atoms with Crippen molar-refractivity contribution < 1.29 is 0 Å². The highest BCUT2D eigenvalue weighted by Gasteiger charge is 2.19. The molecule has 0 aromatic heterocycles. The SMILES string of the molecule is CC1CCNCC1NCc1ccccc1. The van der Waals surface area contributed by atoms with E-state index in [1.807, 2.05) is 0 Å². The maximum Gasteiger partial charge on any atom is 0.0221 e. The summed E-state index contributed by atoms with van der Waals surface area (Å²) >= 11 is 0. The Morgan fingerprint density at radius 1 is 1.33 bits per heavy atom. The lowest BCUT2D eigenvalue weighted by Gasteiger charge is -2.30. The third-order valence-electron chi connectivity index (χ3n) is 3.24. The fourth-order valence-corrected chi connectivity index (χ4v) is 2.11. The van der Waals surface area contributed by atoms with E-state index in [1.165, 1.54) is 18.5 Å². The number of hydrogen-bond acceptors (Lipinski definition) is 2. The minimum atomic E-state index is 0.624. The molecule has 1 saturated heterocycles. The lowest BCUT2D eigenvalue weighted by molar-refractivity contribution is 0.295. The van der Waals surface area contributed by atoms with Crippen LogP contribution < -0.4 is 10.6 Å². The minimum absolute atomic E-state index is 0.624. The standard InChI is InChI=1S/C13H20N2/c1-11-7-8-14-10-13(11)15-9-12-5-3-2-4-6-12/h2-6,11,13-15H,7-10H2,1H3. The average molecular weight is 204 g/mol. The van der Waals surface area contributed by atoms with E-state index in [9.17, 15) is 0 Å². The highest BCUT2D eigenvalue weighted by Crippen LogP contribution is 2.11. The van der Waals surface area contributed by atoms with Crippen molar-refractivity contribution in [2.75, 3.05) is 13.1 Å². The fraction of sp³-hybridized carbons (Fsp3) is 0.538. The molecule has 2 atom stereocenters. The Hall–Kier alpha value is -0.860. The quantitative estimate of drug-likeness (QED) is 0.784. The van der Waals surface area contributed by atoms with Crippen molar-refractivity contribution in [3.05, 3.63) is 35.9 Å². The molecule has 1 aliphatic rings. The van der Waals surface area contributed by atoms with Gasteiger partial charge in [0.2, 0.25) is 0 Å². The summed E-state index contributed by atoms with van der Waals surface area (Å²) in [6, 6.07) is 11.2. The zero-order valence-corrected chi connectivity index (χ0v) is 9.37. The molecular formula is C13H20N2. The average Bonchev–Trinajstić information content (AvgIpc) is 2.29. The summed E-state index contributed by atoms with van der Waals surface area (Å²) in [7, 11) is 0. The first-order chi connectivity index (χ1) is 7.36. The van der Waals surface area contributed by atoms with Crippen LogP contribution >= 0.6 is 0 Å². The van der Waals surface area contributed by atoms with E-state index < -0.39 is 0 Å². The highest BCUT2D eigenvalue weighted by molar-refractivity contribution is 5.14. The third-order valence-corrected chi connectivity index (χ3v) is 3.24. The third kappa shape index (κ3) is 3.05. The van der Waals surface area contributed by atoms with Crippen molar-refractivity contribution in [2.24, 2.45) is 5.92 Å². The maximum atomic E-state index is 3.63. The summed E-state index contributed by atoms with van der Waals surface area (Å²) in [6.07, 6.45) is 1.28. The van der Waals surface area contributed by atoms with Gasteiger partial charge in [-0.15, -0.1) is 0 Å². The van der Waals surface area contributed by atoms with E-state index in [0.717, 1.165) is 19.0 Å². The van der Waals surface area contributed by atoms with Gasteiger partial charge < -0.3 is 10.6 Å². The molecule has 15 heavy (non-hydrogen) atoms. The number of piperidine rings is 1. The van der Waals surface area contributed by atoms with Gasteiger partial charge in [-0.1, -0.05) is 37.3 Å². The molecule has 2 N–H and O–H groups in total. The fourth-order valence-electron chi connectivity index (χ4n) is 2.11. The second-order valence-corrected chi connectivity index (χ2v) is 4.44. The van der Waals surface area contributed by atoms with Gasteiger partial charge in [-0.3, -0.25) is 0 Å². The number of benzene rings is 1. The van der Waals surface area contributed by atoms with Crippen molar-refractivity contribution in [1.82, 2.24) is 10.6 Å². The summed E-state index contributed by atoms with van der Waals surface area (Å²) < 4.78 is 0. The van der Waals surface area contributed by atoms with Crippen molar-refractivity contribution in [1.29, 1.82) is 0 Å².